The van der Waals surface area contributed by atoms with Crippen LogP contribution in [-0.2, 0) is 11.2 Å². The quantitative estimate of drug-likeness (QED) is 0.928. The topological polar surface area (TPSA) is 40.5 Å². The largest absolute Gasteiger partial charge is 0.393 e. The van der Waals surface area contributed by atoms with Gasteiger partial charge < -0.3 is 10.0 Å². The third-order valence-electron chi connectivity index (χ3n) is 5.08. The number of amides is 1. The van der Waals surface area contributed by atoms with E-state index >= 15 is 0 Å². The molecule has 1 aromatic carbocycles. The maximum atomic E-state index is 12.6. The van der Waals surface area contributed by atoms with E-state index in [2.05, 4.69) is 12.1 Å². The van der Waals surface area contributed by atoms with Gasteiger partial charge in [-0.3, -0.25) is 4.79 Å². The summed E-state index contributed by atoms with van der Waals surface area (Å²) in [6, 6.07) is 8.02. The van der Waals surface area contributed by atoms with Crippen molar-refractivity contribution in [2.24, 2.45) is 11.8 Å². The molecule has 2 aliphatic rings. The molecule has 1 N–H and O–H groups in total. The molecule has 1 saturated heterocycles. The number of aliphatic hydroxyl groups excluding tert-OH is 1. The van der Waals surface area contributed by atoms with Crippen molar-refractivity contribution in [2.75, 3.05) is 13.1 Å². The highest BCUT2D eigenvalue weighted by molar-refractivity contribution is 6.30. The number of carbonyl (C=O) groups excluding carboxylic acids is 1. The number of hydrogen-bond acceptors (Lipinski definition) is 2. The third-order valence-corrected chi connectivity index (χ3v) is 5.33. The van der Waals surface area contributed by atoms with Gasteiger partial charge in [0.15, 0.2) is 0 Å². The summed E-state index contributed by atoms with van der Waals surface area (Å²) in [4.78, 5) is 14.6. The van der Waals surface area contributed by atoms with E-state index < -0.39 is 0 Å². The van der Waals surface area contributed by atoms with Crippen molar-refractivity contribution < 1.29 is 9.90 Å². The Bertz CT molecular complexity index is 508. The zero-order valence-electron chi connectivity index (χ0n) is 12.9. The molecular weight excluding hydrogens is 298 g/mol. The van der Waals surface area contributed by atoms with Gasteiger partial charge in [0, 0.05) is 24.0 Å². The molecule has 1 saturated carbocycles. The average molecular weight is 322 g/mol. The van der Waals surface area contributed by atoms with Crippen LogP contribution in [0.4, 0.5) is 0 Å². The van der Waals surface area contributed by atoms with E-state index in [0.717, 1.165) is 56.6 Å². The van der Waals surface area contributed by atoms with Crippen LogP contribution in [0, 0.1) is 11.8 Å². The number of nitrogens with zero attached hydrogens (tertiary/aromatic N) is 1. The van der Waals surface area contributed by atoms with Crippen LogP contribution in [0.5, 0.6) is 0 Å². The van der Waals surface area contributed by atoms with Gasteiger partial charge >= 0.3 is 0 Å². The van der Waals surface area contributed by atoms with Crippen molar-refractivity contribution in [1.29, 1.82) is 0 Å². The molecule has 120 valence electrons. The van der Waals surface area contributed by atoms with E-state index in [1.807, 2.05) is 17.0 Å². The van der Waals surface area contributed by atoms with E-state index in [0.29, 0.717) is 11.8 Å². The maximum Gasteiger partial charge on any atom is 0.225 e. The Kier molecular flexibility index (Phi) is 5.04. The normalized spacial score (nSPS) is 28.8. The molecule has 1 aromatic rings. The molecule has 0 aromatic heterocycles. The van der Waals surface area contributed by atoms with Crippen LogP contribution >= 0.6 is 11.6 Å². The van der Waals surface area contributed by atoms with Crippen LogP contribution in [0.1, 0.15) is 37.7 Å². The Hall–Kier alpha value is -1.06. The Labute approximate surface area is 137 Å². The molecule has 1 heterocycles. The lowest BCUT2D eigenvalue weighted by atomic mass is 9.86. The molecular formula is C18H24ClNO2. The molecule has 3 nitrogen and oxygen atoms in total. The van der Waals surface area contributed by atoms with E-state index in [4.69, 9.17) is 11.6 Å². The molecule has 1 unspecified atom stereocenters. The molecule has 1 aliphatic heterocycles. The number of likely N-dealkylation sites (tertiary alicyclic amines) is 1. The zero-order valence-corrected chi connectivity index (χ0v) is 13.6. The predicted octanol–water partition coefficient (Wildman–Crippen LogP) is 3.28. The number of hydrogen-bond donors (Lipinski definition) is 1. The molecule has 0 spiro atoms. The number of benzene rings is 1. The Morgan fingerprint density at radius 1 is 1.14 bits per heavy atom. The fourth-order valence-electron chi connectivity index (χ4n) is 3.73. The smallest absolute Gasteiger partial charge is 0.225 e. The van der Waals surface area contributed by atoms with E-state index in [-0.39, 0.29) is 12.0 Å². The highest BCUT2D eigenvalue weighted by Gasteiger charge is 2.32. The van der Waals surface area contributed by atoms with Gasteiger partial charge in [-0.15, -0.1) is 0 Å². The van der Waals surface area contributed by atoms with Crippen molar-refractivity contribution in [2.45, 2.75) is 44.6 Å². The molecule has 1 atom stereocenters. The van der Waals surface area contributed by atoms with E-state index in [1.165, 1.54) is 5.56 Å². The minimum Gasteiger partial charge on any atom is -0.393 e. The molecule has 2 fully saturated rings. The minimum absolute atomic E-state index is 0.137. The summed E-state index contributed by atoms with van der Waals surface area (Å²) in [7, 11) is 0. The zero-order chi connectivity index (χ0) is 15.5. The lowest BCUT2D eigenvalue weighted by Crippen LogP contribution is -2.37. The number of carbonyl (C=O) groups is 1. The lowest BCUT2D eigenvalue weighted by molar-refractivity contribution is -0.136. The van der Waals surface area contributed by atoms with Gasteiger partial charge in [-0.25, -0.2) is 0 Å². The first kappa shape index (κ1) is 15.8. The molecule has 22 heavy (non-hydrogen) atoms. The number of aliphatic hydroxyl groups is 1. The number of halogens is 1. The lowest BCUT2D eigenvalue weighted by Gasteiger charge is -2.28. The molecule has 1 amide bonds. The van der Waals surface area contributed by atoms with Gasteiger partial charge in [0.1, 0.15) is 0 Å². The standard InChI is InChI=1S/C18H24ClNO2/c19-16-5-1-13(2-6-16)11-14-9-10-20(12-14)18(22)15-3-7-17(21)8-4-15/h1-2,5-6,14-15,17,21H,3-4,7-12H2. The van der Waals surface area contributed by atoms with Gasteiger partial charge in [-0.05, 0) is 62.1 Å². The minimum atomic E-state index is -0.194. The highest BCUT2D eigenvalue weighted by Crippen LogP contribution is 2.29. The fourth-order valence-corrected chi connectivity index (χ4v) is 3.86. The van der Waals surface area contributed by atoms with Crippen molar-refractivity contribution >= 4 is 17.5 Å². The van der Waals surface area contributed by atoms with Crippen LogP contribution in [0.25, 0.3) is 0 Å². The third kappa shape index (κ3) is 3.82. The van der Waals surface area contributed by atoms with Crippen LogP contribution in [0.3, 0.4) is 0 Å². The second-order valence-electron chi connectivity index (χ2n) is 6.77. The Morgan fingerprint density at radius 3 is 2.50 bits per heavy atom. The van der Waals surface area contributed by atoms with Gasteiger partial charge in [0.25, 0.3) is 0 Å². The van der Waals surface area contributed by atoms with Crippen molar-refractivity contribution in [3.63, 3.8) is 0 Å². The maximum absolute atomic E-state index is 12.6. The average Bonchev–Trinajstić information content (AvgIpc) is 2.98. The van der Waals surface area contributed by atoms with Gasteiger partial charge in [0.2, 0.25) is 5.91 Å². The first-order chi connectivity index (χ1) is 10.6. The van der Waals surface area contributed by atoms with Gasteiger partial charge in [-0.2, -0.15) is 0 Å². The summed E-state index contributed by atoms with van der Waals surface area (Å²) >= 11 is 5.92. The van der Waals surface area contributed by atoms with Crippen LogP contribution in [-0.4, -0.2) is 35.1 Å². The first-order valence-electron chi connectivity index (χ1n) is 8.33. The number of rotatable bonds is 3. The summed E-state index contributed by atoms with van der Waals surface area (Å²) in [6.45, 7) is 1.76. The SMILES string of the molecule is O=C(C1CCC(O)CC1)N1CCC(Cc2ccc(Cl)cc2)C1. The molecule has 0 radical (unpaired) electrons. The molecule has 0 bridgehead atoms. The van der Waals surface area contributed by atoms with E-state index in [9.17, 15) is 9.90 Å². The molecule has 1 aliphatic carbocycles. The summed E-state index contributed by atoms with van der Waals surface area (Å²) < 4.78 is 0. The van der Waals surface area contributed by atoms with E-state index in [1.54, 1.807) is 0 Å². The predicted molar refractivity (Wildman–Crippen MR) is 87.8 cm³/mol. The van der Waals surface area contributed by atoms with Crippen LogP contribution < -0.4 is 0 Å². The van der Waals surface area contributed by atoms with Crippen LogP contribution in [0.2, 0.25) is 5.02 Å². The summed E-state index contributed by atoms with van der Waals surface area (Å²) in [5.74, 6) is 1.00. The Morgan fingerprint density at radius 2 is 1.82 bits per heavy atom. The Balaban J connectivity index is 1.51. The molecule has 3 rings (SSSR count). The second kappa shape index (κ2) is 7.01. The molecule has 4 heteroatoms. The van der Waals surface area contributed by atoms with Crippen LogP contribution in [0.15, 0.2) is 24.3 Å². The monoisotopic (exact) mass is 321 g/mol. The summed E-state index contributed by atoms with van der Waals surface area (Å²) in [6.07, 6.45) is 5.15. The summed E-state index contributed by atoms with van der Waals surface area (Å²) in [5.41, 5.74) is 1.30. The highest BCUT2D eigenvalue weighted by atomic mass is 35.5. The van der Waals surface area contributed by atoms with Crippen molar-refractivity contribution in [3.05, 3.63) is 34.9 Å². The summed E-state index contributed by atoms with van der Waals surface area (Å²) in [5, 5.41) is 10.3. The second-order valence-corrected chi connectivity index (χ2v) is 7.21. The van der Waals surface area contributed by atoms with Crippen molar-refractivity contribution in [3.8, 4) is 0 Å². The van der Waals surface area contributed by atoms with Crippen molar-refractivity contribution in [1.82, 2.24) is 4.90 Å². The van der Waals surface area contributed by atoms with Gasteiger partial charge in [0.05, 0.1) is 6.10 Å². The fraction of sp³-hybridized carbons (Fsp3) is 0.611. The van der Waals surface area contributed by atoms with Gasteiger partial charge in [-0.1, -0.05) is 23.7 Å². The first-order valence-corrected chi connectivity index (χ1v) is 8.71.